The van der Waals surface area contributed by atoms with E-state index in [0.717, 1.165) is 12.8 Å². The van der Waals surface area contributed by atoms with Gasteiger partial charge in [0.15, 0.2) is 11.6 Å². The maximum Gasteiger partial charge on any atom is 0.204 e. The summed E-state index contributed by atoms with van der Waals surface area (Å²) in [6.07, 6.45) is 3.38. The number of nitrogens with zero attached hydrogens (tertiary/aromatic N) is 2. The van der Waals surface area contributed by atoms with Gasteiger partial charge in [0.2, 0.25) is 5.75 Å². The number of methoxy groups -OCH3 is 1. The Kier molecular flexibility index (Phi) is 3.63. The van der Waals surface area contributed by atoms with Crippen molar-refractivity contribution in [2.24, 2.45) is 5.92 Å². The highest BCUT2D eigenvalue weighted by molar-refractivity contribution is 5.63. The number of rotatable bonds is 6. The maximum absolute atomic E-state index is 9.78. The summed E-state index contributed by atoms with van der Waals surface area (Å²) in [7, 11) is 3.34. The van der Waals surface area contributed by atoms with Crippen LogP contribution >= 0.6 is 0 Å². The molecule has 6 nitrogen and oxygen atoms in total. The third-order valence-corrected chi connectivity index (χ3v) is 2.89. The number of ether oxygens (including phenoxy) is 1. The van der Waals surface area contributed by atoms with E-state index in [0.29, 0.717) is 29.8 Å². The first-order valence-electron chi connectivity index (χ1n) is 5.75. The van der Waals surface area contributed by atoms with E-state index < -0.39 is 0 Å². The van der Waals surface area contributed by atoms with Crippen LogP contribution < -0.4 is 15.4 Å². The Morgan fingerprint density at radius 1 is 1.47 bits per heavy atom. The Morgan fingerprint density at radius 2 is 2.18 bits per heavy atom. The van der Waals surface area contributed by atoms with Gasteiger partial charge in [-0.2, -0.15) is 0 Å². The molecule has 1 unspecified atom stereocenters. The normalized spacial score (nSPS) is 16.4. The number of hydrogen-bond acceptors (Lipinski definition) is 6. The van der Waals surface area contributed by atoms with Crippen molar-refractivity contribution < 1.29 is 9.84 Å². The molecular formula is C11H18N4O2. The van der Waals surface area contributed by atoms with Gasteiger partial charge in [-0.05, 0) is 18.8 Å². The molecule has 1 aromatic heterocycles. The van der Waals surface area contributed by atoms with Crippen molar-refractivity contribution in [1.29, 1.82) is 0 Å². The van der Waals surface area contributed by atoms with Crippen molar-refractivity contribution in [1.82, 2.24) is 9.97 Å². The topological polar surface area (TPSA) is 79.3 Å². The molecule has 0 saturated heterocycles. The largest absolute Gasteiger partial charge is 0.490 e. The summed E-state index contributed by atoms with van der Waals surface area (Å²) < 4.78 is 5.24. The number of anilines is 2. The van der Waals surface area contributed by atoms with Gasteiger partial charge in [0.05, 0.1) is 13.2 Å². The molecule has 6 heteroatoms. The Morgan fingerprint density at radius 3 is 2.76 bits per heavy atom. The first-order chi connectivity index (χ1) is 8.26. The van der Waals surface area contributed by atoms with E-state index >= 15 is 0 Å². The predicted molar refractivity (Wildman–Crippen MR) is 65.4 cm³/mol. The number of nitrogens with one attached hydrogen (secondary N) is 2. The van der Waals surface area contributed by atoms with Gasteiger partial charge in [0.25, 0.3) is 0 Å². The van der Waals surface area contributed by atoms with Crippen LogP contribution in [0.15, 0.2) is 6.33 Å². The van der Waals surface area contributed by atoms with Gasteiger partial charge in [-0.1, -0.05) is 0 Å². The fraction of sp³-hybridized carbons (Fsp3) is 0.636. The molecule has 1 heterocycles. The predicted octanol–water partition coefficient (Wildman–Crippen LogP) is 0.710. The van der Waals surface area contributed by atoms with E-state index in [1.165, 1.54) is 6.33 Å². The summed E-state index contributed by atoms with van der Waals surface area (Å²) in [6.45, 7) is 0.487. The van der Waals surface area contributed by atoms with Crippen LogP contribution in [0.25, 0.3) is 0 Å². The average Bonchev–Trinajstić information content (AvgIpc) is 3.19. The van der Waals surface area contributed by atoms with Gasteiger partial charge < -0.3 is 20.5 Å². The first-order valence-corrected chi connectivity index (χ1v) is 5.75. The molecule has 1 aromatic rings. The summed E-state index contributed by atoms with van der Waals surface area (Å²) >= 11 is 0. The third-order valence-electron chi connectivity index (χ3n) is 2.89. The van der Waals surface area contributed by atoms with Gasteiger partial charge in [-0.15, -0.1) is 0 Å². The quantitative estimate of drug-likeness (QED) is 0.677. The molecular weight excluding hydrogens is 220 g/mol. The second-order valence-electron chi connectivity index (χ2n) is 4.14. The van der Waals surface area contributed by atoms with E-state index in [1.54, 1.807) is 14.2 Å². The van der Waals surface area contributed by atoms with Gasteiger partial charge in [-0.3, -0.25) is 0 Å². The molecule has 1 fully saturated rings. The highest BCUT2D eigenvalue weighted by Crippen LogP contribution is 2.33. The lowest BCUT2D eigenvalue weighted by atomic mass is 10.2. The average molecular weight is 238 g/mol. The van der Waals surface area contributed by atoms with Gasteiger partial charge in [0, 0.05) is 13.6 Å². The first kappa shape index (κ1) is 11.9. The second kappa shape index (κ2) is 5.18. The lowest BCUT2D eigenvalue weighted by Gasteiger charge is -2.14. The van der Waals surface area contributed by atoms with Crippen molar-refractivity contribution >= 4 is 11.6 Å². The van der Waals surface area contributed by atoms with Gasteiger partial charge in [0.1, 0.15) is 6.33 Å². The number of aliphatic hydroxyl groups is 1. The van der Waals surface area contributed by atoms with Crippen LogP contribution in [0.3, 0.4) is 0 Å². The zero-order valence-electron chi connectivity index (χ0n) is 10.1. The van der Waals surface area contributed by atoms with Crippen LogP contribution in [0.5, 0.6) is 5.75 Å². The van der Waals surface area contributed by atoms with Crippen LogP contribution in [-0.4, -0.2) is 41.9 Å². The Labute approximate surface area is 100 Å². The molecule has 1 aliphatic rings. The molecule has 0 bridgehead atoms. The molecule has 0 spiro atoms. The van der Waals surface area contributed by atoms with E-state index in [4.69, 9.17) is 4.74 Å². The molecule has 94 valence electrons. The highest BCUT2D eigenvalue weighted by atomic mass is 16.5. The SMILES string of the molecule is CNc1ncnc(NCC(O)C2CC2)c1OC. The van der Waals surface area contributed by atoms with Crippen molar-refractivity contribution in [3.8, 4) is 5.75 Å². The molecule has 0 amide bonds. The maximum atomic E-state index is 9.78. The van der Waals surface area contributed by atoms with Gasteiger partial charge in [-0.25, -0.2) is 9.97 Å². The second-order valence-corrected chi connectivity index (χ2v) is 4.14. The minimum Gasteiger partial charge on any atom is -0.490 e. The lowest BCUT2D eigenvalue weighted by molar-refractivity contribution is 0.164. The summed E-state index contributed by atoms with van der Waals surface area (Å²) in [5.74, 6) is 2.24. The minimum atomic E-state index is -0.312. The zero-order valence-corrected chi connectivity index (χ0v) is 10.1. The molecule has 3 N–H and O–H groups in total. The number of aliphatic hydroxyl groups excluding tert-OH is 1. The van der Waals surface area contributed by atoms with E-state index in [-0.39, 0.29) is 6.10 Å². The van der Waals surface area contributed by atoms with Crippen LogP contribution in [0, 0.1) is 5.92 Å². The molecule has 17 heavy (non-hydrogen) atoms. The number of aromatic nitrogens is 2. The summed E-state index contributed by atoms with van der Waals surface area (Å²) in [4.78, 5) is 8.17. The van der Waals surface area contributed by atoms with Crippen molar-refractivity contribution in [3.63, 3.8) is 0 Å². The van der Waals surface area contributed by atoms with Crippen LogP contribution in [-0.2, 0) is 0 Å². The zero-order chi connectivity index (χ0) is 12.3. The summed E-state index contributed by atoms with van der Waals surface area (Å²) in [6, 6.07) is 0. The molecule has 1 aliphatic carbocycles. The van der Waals surface area contributed by atoms with E-state index in [9.17, 15) is 5.11 Å². The minimum absolute atomic E-state index is 0.312. The monoisotopic (exact) mass is 238 g/mol. The van der Waals surface area contributed by atoms with Crippen molar-refractivity contribution in [2.75, 3.05) is 31.3 Å². The number of hydrogen-bond donors (Lipinski definition) is 3. The fourth-order valence-electron chi connectivity index (χ4n) is 1.72. The Balaban J connectivity index is 2.03. The van der Waals surface area contributed by atoms with Crippen LogP contribution in [0.4, 0.5) is 11.6 Å². The molecule has 1 atom stereocenters. The Bertz CT molecular complexity index is 382. The summed E-state index contributed by atoms with van der Waals surface area (Å²) in [5.41, 5.74) is 0. The van der Waals surface area contributed by atoms with Crippen LogP contribution in [0.1, 0.15) is 12.8 Å². The molecule has 1 saturated carbocycles. The fourth-order valence-corrected chi connectivity index (χ4v) is 1.72. The molecule has 0 radical (unpaired) electrons. The lowest BCUT2D eigenvalue weighted by Crippen LogP contribution is -2.22. The Hall–Kier alpha value is -1.56. The third kappa shape index (κ3) is 2.76. The van der Waals surface area contributed by atoms with Crippen molar-refractivity contribution in [2.45, 2.75) is 18.9 Å². The summed E-state index contributed by atoms with van der Waals surface area (Å²) in [5, 5.41) is 15.8. The van der Waals surface area contributed by atoms with E-state index in [2.05, 4.69) is 20.6 Å². The molecule has 0 aromatic carbocycles. The standard InChI is InChI=1S/C11H18N4O2/c1-12-10-9(17-2)11(15-6-14-10)13-5-8(16)7-3-4-7/h6-8,16H,3-5H2,1-2H3,(H2,12,13,14,15). The molecule has 0 aliphatic heterocycles. The highest BCUT2D eigenvalue weighted by Gasteiger charge is 2.29. The smallest absolute Gasteiger partial charge is 0.204 e. The van der Waals surface area contributed by atoms with Gasteiger partial charge >= 0.3 is 0 Å². The van der Waals surface area contributed by atoms with Crippen LogP contribution in [0.2, 0.25) is 0 Å². The molecule has 2 rings (SSSR count). The van der Waals surface area contributed by atoms with E-state index in [1.807, 2.05) is 0 Å². The van der Waals surface area contributed by atoms with Crippen molar-refractivity contribution in [3.05, 3.63) is 6.33 Å².